The van der Waals surface area contributed by atoms with Gasteiger partial charge in [-0.3, -0.25) is 4.79 Å². The van der Waals surface area contributed by atoms with Gasteiger partial charge < -0.3 is 19.1 Å². The number of rotatable bonds is 9. The van der Waals surface area contributed by atoms with E-state index in [2.05, 4.69) is 54.6 Å². The molecule has 0 amide bonds. The molecule has 38 heavy (non-hydrogen) atoms. The van der Waals surface area contributed by atoms with Gasteiger partial charge in [-0.1, -0.05) is 49.9 Å². The number of benzene rings is 2. The zero-order valence-electron chi connectivity index (χ0n) is 23.1. The zero-order valence-corrected chi connectivity index (χ0v) is 23.1. The molecule has 1 aliphatic rings. The molecule has 3 aromatic rings. The maximum absolute atomic E-state index is 12.5. The van der Waals surface area contributed by atoms with Crippen molar-refractivity contribution in [3.05, 3.63) is 82.7 Å². The molecule has 6 nitrogen and oxygen atoms in total. The van der Waals surface area contributed by atoms with Gasteiger partial charge in [0.1, 0.15) is 17.3 Å². The molecule has 2 heterocycles. The smallest absolute Gasteiger partial charge is 0.143 e. The van der Waals surface area contributed by atoms with Crippen molar-refractivity contribution in [1.82, 2.24) is 15.0 Å². The molecule has 0 atom stereocenters. The van der Waals surface area contributed by atoms with E-state index in [1.807, 2.05) is 54.6 Å². The minimum absolute atomic E-state index is 0.110. The number of ketones is 1. The van der Waals surface area contributed by atoms with Crippen molar-refractivity contribution in [2.24, 2.45) is 0 Å². The van der Waals surface area contributed by atoms with E-state index < -0.39 is 0 Å². The Morgan fingerprint density at radius 2 is 1.58 bits per heavy atom. The Balaban J connectivity index is 1.20. The Labute approximate surface area is 227 Å². The van der Waals surface area contributed by atoms with Crippen LogP contribution in [0.5, 0.6) is 5.75 Å². The quantitative estimate of drug-likeness (QED) is 0.304. The van der Waals surface area contributed by atoms with Crippen molar-refractivity contribution in [3.8, 4) is 17.6 Å². The highest BCUT2D eigenvalue weighted by atomic mass is 16.5. The number of likely N-dealkylation sites (N-methyl/N-ethyl adjacent to an activating group) is 1. The molecule has 0 unspecified atom stereocenters. The van der Waals surface area contributed by atoms with Crippen molar-refractivity contribution < 1.29 is 14.1 Å². The SMILES string of the molecule is CN1CCN(CCCOc2ccc(C#Cc3ccc(CC(=O)Cc4cc(C(C)(C)C)on4)cc3)cc2)CC1. The summed E-state index contributed by atoms with van der Waals surface area (Å²) in [6.45, 7) is 12.6. The van der Waals surface area contributed by atoms with E-state index in [9.17, 15) is 4.79 Å². The molecule has 1 aliphatic heterocycles. The van der Waals surface area contributed by atoms with Gasteiger partial charge in [-0.25, -0.2) is 0 Å². The first-order chi connectivity index (χ1) is 18.2. The first-order valence-corrected chi connectivity index (χ1v) is 13.5. The molecular formula is C32H39N3O3. The summed E-state index contributed by atoms with van der Waals surface area (Å²) in [5.41, 5.74) is 3.39. The number of carbonyl (C=O) groups excluding carboxylic acids is 1. The van der Waals surface area contributed by atoms with Crippen LogP contribution in [-0.2, 0) is 23.1 Å². The maximum Gasteiger partial charge on any atom is 0.143 e. The molecule has 1 fully saturated rings. The molecule has 0 bridgehead atoms. The van der Waals surface area contributed by atoms with E-state index in [1.54, 1.807) is 0 Å². The lowest BCUT2D eigenvalue weighted by atomic mass is 9.93. The Kier molecular flexibility index (Phi) is 9.38. The average molecular weight is 514 g/mol. The van der Waals surface area contributed by atoms with Crippen molar-refractivity contribution in [2.45, 2.75) is 45.4 Å². The Morgan fingerprint density at radius 3 is 2.18 bits per heavy atom. The van der Waals surface area contributed by atoms with Gasteiger partial charge in [0.05, 0.1) is 18.7 Å². The number of hydrogen-bond donors (Lipinski definition) is 0. The Hall–Kier alpha value is -3.40. The van der Waals surface area contributed by atoms with Crippen LogP contribution in [0.25, 0.3) is 0 Å². The van der Waals surface area contributed by atoms with Crippen molar-refractivity contribution in [1.29, 1.82) is 0 Å². The summed E-state index contributed by atoms with van der Waals surface area (Å²) >= 11 is 0. The summed E-state index contributed by atoms with van der Waals surface area (Å²) in [6, 6.07) is 17.7. The summed E-state index contributed by atoms with van der Waals surface area (Å²) in [4.78, 5) is 17.4. The highest BCUT2D eigenvalue weighted by Gasteiger charge is 2.20. The first kappa shape index (κ1) is 27.6. The highest BCUT2D eigenvalue weighted by Crippen LogP contribution is 2.23. The second-order valence-corrected chi connectivity index (χ2v) is 11.1. The van der Waals surface area contributed by atoms with Crippen LogP contribution in [0.4, 0.5) is 0 Å². The number of Topliss-reactive ketones (excluding diaryl/α,β-unsaturated/α-hetero) is 1. The fourth-order valence-electron chi connectivity index (χ4n) is 4.28. The molecule has 0 N–H and O–H groups in total. The number of aromatic nitrogens is 1. The molecule has 1 saturated heterocycles. The maximum atomic E-state index is 12.5. The van der Waals surface area contributed by atoms with Gasteiger partial charge in [-0.2, -0.15) is 0 Å². The summed E-state index contributed by atoms with van der Waals surface area (Å²) in [5, 5.41) is 4.05. The monoisotopic (exact) mass is 513 g/mol. The van der Waals surface area contributed by atoms with Gasteiger partial charge in [0, 0.05) is 61.8 Å². The third-order valence-corrected chi connectivity index (χ3v) is 6.72. The largest absolute Gasteiger partial charge is 0.494 e. The fraction of sp³-hybridized carbons (Fsp3) is 0.438. The molecule has 6 heteroatoms. The van der Waals surface area contributed by atoms with E-state index in [4.69, 9.17) is 9.26 Å². The van der Waals surface area contributed by atoms with Gasteiger partial charge in [-0.15, -0.1) is 0 Å². The zero-order chi connectivity index (χ0) is 27.0. The second kappa shape index (κ2) is 12.9. The Bertz CT molecular complexity index is 1240. The molecular weight excluding hydrogens is 474 g/mol. The summed E-state index contributed by atoms with van der Waals surface area (Å²) in [7, 11) is 2.18. The predicted molar refractivity (Wildman–Crippen MR) is 151 cm³/mol. The molecule has 0 radical (unpaired) electrons. The lowest BCUT2D eigenvalue weighted by Crippen LogP contribution is -2.44. The molecule has 0 spiro atoms. The van der Waals surface area contributed by atoms with Crippen molar-refractivity contribution in [3.63, 3.8) is 0 Å². The van der Waals surface area contributed by atoms with Crippen LogP contribution in [-0.4, -0.2) is 67.1 Å². The van der Waals surface area contributed by atoms with Crippen molar-refractivity contribution in [2.75, 3.05) is 46.4 Å². The summed E-state index contributed by atoms with van der Waals surface area (Å²) in [6.07, 6.45) is 1.67. The van der Waals surface area contributed by atoms with Gasteiger partial charge in [0.15, 0.2) is 0 Å². The van der Waals surface area contributed by atoms with Gasteiger partial charge >= 0.3 is 0 Å². The normalized spacial score (nSPS) is 14.6. The van der Waals surface area contributed by atoms with E-state index in [-0.39, 0.29) is 17.6 Å². The van der Waals surface area contributed by atoms with E-state index in [0.29, 0.717) is 12.1 Å². The third kappa shape index (κ3) is 8.58. The van der Waals surface area contributed by atoms with Crippen LogP contribution in [0.15, 0.2) is 59.1 Å². The number of ether oxygens (including phenoxy) is 1. The number of nitrogens with zero attached hydrogens (tertiary/aromatic N) is 3. The van der Waals surface area contributed by atoms with Crippen molar-refractivity contribution >= 4 is 5.78 Å². The summed E-state index contributed by atoms with van der Waals surface area (Å²) < 4.78 is 11.3. The molecule has 0 saturated carbocycles. The number of hydrogen-bond acceptors (Lipinski definition) is 6. The van der Waals surface area contributed by atoms with E-state index in [0.717, 1.165) is 74.0 Å². The molecule has 1 aromatic heterocycles. The third-order valence-electron chi connectivity index (χ3n) is 6.72. The minimum atomic E-state index is -0.120. The van der Waals surface area contributed by atoms with E-state index >= 15 is 0 Å². The van der Waals surface area contributed by atoms with Crippen LogP contribution >= 0.6 is 0 Å². The van der Waals surface area contributed by atoms with Crippen LogP contribution in [0.2, 0.25) is 0 Å². The van der Waals surface area contributed by atoms with Crippen LogP contribution in [0, 0.1) is 11.8 Å². The van der Waals surface area contributed by atoms with Crippen LogP contribution < -0.4 is 4.74 Å². The minimum Gasteiger partial charge on any atom is -0.494 e. The van der Waals surface area contributed by atoms with Crippen LogP contribution in [0.3, 0.4) is 0 Å². The molecule has 2 aromatic carbocycles. The van der Waals surface area contributed by atoms with Gasteiger partial charge in [-0.05, 0) is 55.4 Å². The lowest BCUT2D eigenvalue weighted by Gasteiger charge is -2.32. The molecule has 4 rings (SSSR count). The first-order valence-electron chi connectivity index (χ1n) is 13.5. The van der Waals surface area contributed by atoms with Gasteiger partial charge in [0.25, 0.3) is 0 Å². The Morgan fingerprint density at radius 1 is 0.947 bits per heavy atom. The van der Waals surface area contributed by atoms with E-state index in [1.165, 1.54) is 0 Å². The second-order valence-electron chi connectivity index (χ2n) is 11.1. The summed E-state index contributed by atoms with van der Waals surface area (Å²) in [5.74, 6) is 8.19. The standard InChI is InChI=1S/C32H39N3O3/c1-32(2,3)31-24-28(33-38-31)23-29(36)22-27-10-8-25(9-11-27)6-7-26-12-14-30(15-13-26)37-21-5-16-35-19-17-34(4)18-20-35/h8-15,24H,5,16-23H2,1-4H3. The highest BCUT2D eigenvalue weighted by molar-refractivity contribution is 5.82. The average Bonchev–Trinajstić information content (AvgIpc) is 3.37. The fourth-order valence-corrected chi connectivity index (χ4v) is 4.28. The molecule has 0 aliphatic carbocycles. The topological polar surface area (TPSA) is 58.8 Å². The van der Waals surface area contributed by atoms with Gasteiger partial charge in [0.2, 0.25) is 0 Å². The van der Waals surface area contributed by atoms with Crippen LogP contribution in [0.1, 0.15) is 55.3 Å². The lowest BCUT2D eigenvalue weighted by molar-refractivity contribution is -0.117. The predicted octanol–water partition coefficient (Wildman–Crippen LogP) is 4.74. The number of carbonyl (C=O) groups is 1. The molecule has 200 valence electrons. The number of piperazine rings is 1.